The zero-order chi connectivity index (χ0) is 19.3. The molecule has 4 aromatic rings. The molecule has 2 heterocycles. The van der Waals surface area contributed by atoms with Crippen molar-refractivity contribution in [2.24, 2.45) is 0 Å². The summed E-state index contributed by atoms with van der Waals surface area (Å²) in [5.74, 6) is -0.158. The normalized spacial score (nSPS) is 10.6. The van der Waals surface area contributed by atoms with Crippen molar-refractivity contribution in [1.82, 2.24) is 20.1 Å². The summed E-state index contributed by atoms with van der Waals surface area (Å²) in [6.45, 7) is 2.48. The smallest absolute Gasteiger partial charge is 0.255 e. The Bertz CT molecular complexity index is 1070. The lowest BCUT2D eigenvalue weighted by Crippen LogP contribution is -2.23. The van der Waals surface area contributed by atoms with Crippen molar-refractivity contribution in [3.05, 3.63) is 102 Å². The van der Waals surface area contributed by atoms with Crippen molar-refractivity contribution >= 4 is 5.91 Å². The van der Waals surface area contributed by atoms with Crippen LogP contribution in [0, 0.1) is 6.92 Å². The minimum atomic E-state index is -0.158. The maximum atomic E-state index is 12.9. The maximum Gasteiger partial charge on any atom is 0.255 e. The molecule has 4 rings (SSSR count). The fourth-order valence-electron chi connectivity index (χ4n) is 2.96. The molecule has 1 amide bonds. The number of pyridine rings is 1. The van der Waals surface area contributed by atoms with Crippen molar-refractivity contribution in [2.45, 2.75) is 13.5 Å². The Balaban J connectivity index is 1.68. The van der Waals surface area contributed by atoms with E-state index >= 15 is 0 Å². The minimum absolute atomic E-state index is 0.158. The van der Waals surface area contributed by atoms with E-state index in [1.54, 1.807) is 23.3 Å². The standard InChI is InChI=1S/C23H20N4O/c1-17-7-9-20(10-8-17)27-16-21(22(26-27)19-5-3-2-4-6-19)23(28)25-15-18-11-13-24-14-12-18/h2-14,16H,15H2,1H3,(H,25,28). The van der Waals surface area contributed by atoms with E-state index in [-0.39, 0.29) is 5.91 Å². The monoisotopic (exact) mass is 368 g/mol. The molecule has 0 bridgehead atoms. The molecule has 0 saturated heterocycles. The largest absolute Gasteiger partial charge is 0.348 e. The molecule has 0 aliphatic heterocycles. The summed E-state index contributed by atoms with van der Waals surface area (Å²) in [6.07, 6.45) is 5.22. The van der Waals surface area contributed by atoms with Gasteiger partial charge in [-0.2, -0.15) is 5.10 Å². The van der Waals surface area contributed by atoms with E-state index in [9.17, 15) is 4.79 Å². The Hall–Kier alpha value is -3.73. The number of aryl methyl sites for hydroxylation is 1. The van der Waals surface area contributed by atoms with E-state index in [0.717, 1.165) is 16.8 Å². The molecule has 2 aromatic carbocycles. The third-order valence-corrected chi connectivity index (χ3v) is 4.51. The Morgan fingerprint density at radius 2 is 1.68 bits per heavy atom. The number of nitrogens with one attached hydrogen (secondary N) is 1. The lowest BCUT2D eigenvalue weighted by Gasteiger charge is -2.05. The highest BCUT2D eigenvalue weighted by Crippen LogP contribution is 2.24. The highest BCUT2D eigenvalue weighted by atomic mass is 16.1. The molecule has 0 atom stereocenters. The van der Waals surface area contributed by atoms with E-state index in [0.29, 0.717) is 17.8 Å². The lowest BCUT2D eigenvalue weighted by molar-refractivity contribution is 0.0951. The summed E-state index contributed by atoms with van der Waals surface area (Å²) >= 11 is 0. The number of hydrogen-bond acceptors (Lipinski definition) is 3. The van der Waals surface area contributed by atoms with Crippen molar-refractivity contribution in [3.63, 3.8) is 0 Å². The van der Waals surface area contributed by atoms with Crippen LogP contribution in [0.15, 0.2) is 85.3 Å². The first-order valence-corrected chi connectivity index (χ1v) is 9.10. The van der Waals surface area contributed by atoms with Crippen LogP contribution in [-0.2, 0) is 6.54 Å². The molecule has 1 N–H and O–H groups in total. The molecular weight excluding hydrogens is 348 g/mol. The number of rotatable bonds is 5. The lowest BCUT2D eigenvalue weighted by atomic mass is 10.1. The van der Waals surface area contributed by atoms with E-state index < -0.39 is 0 Å². The van der Waals surface area contributed by atoms with Crippen LogP contribution < -0.4 is 5.32 Å². The predicted molar refractivity (Wildman–Crippen MR) is 109 cm³/mol. The van der Waals surface area contributed by atoms with Gasteiger partial charge < -0.3 is 5.32 Å². The second kappa shape index (κ2) is 7.88. The molecule has 0 saturated carbocycles. The van der Waals surface area contributed by atoms with Gasteiger partial charge in [0.15, 0.2) is 0 Å². The summed E-state index contributed by atoms with van der Waals surface area (Å²) in [5.41, 5.74) is 5.19. The average Bonchev–Trinajstić information content (AvgIpc) is 3.19. The van der Waals surface area contributed by atoms with E-state index in [4.69, 9.17) is 5.10 Å². The number of nitrogens with zero attached hydrogens (tertiary/aromatic N) is 3. The zero-order valence-electron chi connectivity index (χ0n) is 15.5. The zero-order valence-corrected chi connectivity index (χ0v) is 15.5. The first-order valence-electron chi connectivity index (χ1n) is 9.10. The molecule has 0 spiro atoms. The fraction of sp³-hybridized carbons (Fsp3) is 0.0870. The van der Waals surface area contributed by atoms with Crippen molar-refractivity contribution in [1.29, 1.82) is 0 Å². The Labute approximate surface area is 163 Å². The molecular formula is C23H20N4O. The number of aromatic nitrogens is 3. The number of carbonyl (C=O) groups excluding carboxylic acids is 1. The predicted octanol–water partition coefficient (Wildman–Crippen LogP) is 4.17. The second-order valence-corrected chi connectivity index (χ2v) is 6.58. The SMILES string of the molecule is Cc1ccc(-n2cc(C(=O)NCc3ccncc3)c(-c3ccccc3)n2)cc1. The van der Waals surface area contributed by atoms with Crippen LogP contribution in [0.4, 0.5) is 0 Å². The second-order valence-electron chi connectivity index (χ2n) is 6.58. The molecule has 0 fully saturated rings. The van der Waals surface area contributed by atoms with Gasteiger partial charge in [-0.05, 0) is 36.8 Å². The summed E-state index contributed by atoms with van der Waals surface area (Å²) in [7, 11) is 0. The van der Waals surface area contributed by atoms with Gasteiger partial charge in [-0.15, -0.1) is 0 Å². The molecule has 0 aliphatic carbocycles. The Morgan fingerprint density at radius 1 is 0.964 bits per heavy atom. The topological polar surface area (TPSA) is 59.8 Å². The number of amides is 1. The molecule has 28 heavy (non-hydrogen) atoms. The van der Waals surface area contributed by atoms with E-state index in [2.05, 4.69) is 10.3 Å². The Kier molecular flexibility index (Phi) is 4.97. The average molecular weight is 368 g/mol. The molecule has 0 radical (unpaired) electrons. The van der Waals surface area contributed by atoms with Crippen LogP contribution in [0.25, 0.3) is 16.9 Å². The number of benzene rings is 2. The van der Waals surface area contributed by atoms with Crippen LogP contribution >= 0.6 is 0 Å². The van der Waals surface area contributed by atoms with Gasteiger partial charge in [-0.3, -0.25) is 9.78 Å². The summed E-state index contributed by atoms with van der Waals surface area (Å²) < 4.78 is 1.75. The quantitative estimate of drug-likeness (QED) is 0.575. The van der Waals surface area contributed by atoms with Crippen molar-refractivity contribution in [2.75, 3.05) is 0 Å². The fourth-order valence-corrected chi connectivity index (χ4v) is 2.96. The molecule has 0 aliphatic rings. The molecule has 5 nitrogen and oxygen atoms in total. The van der Waals surface area contributed by atoms with Crippen LogP contribution in [0.1, 0.15) is 21.5 Å². The maximum absolute atomic E-state index is 12.9. The molecule has 138 valence electrons. The van der Waals surface area contributed by atoms with Gasteiger partial charge in [0, 0.05) is 30.7 Å². The number of carbonyl (C=O) groups is 1. The highest BCUT2D eigenvalue weighted by Gasteiger charge is 2.18. The van der Waals surface area contributed by atoms with Crippen LogP contribution in [0.3, 0.4) is 0 Å². The molecule has 5 heteroatoms. The third-order valence-electron chi connectivity index (χ3n) is 4.51. The summed E-state index contributed by atoms with van der Waals surface area (Å²) in [6, 6.07) is 21.6. The van der Waals surface area contributed by atoms with Gasteiger partial charge in [0.1, 0.15) is 5.69 Å². The minimum Gasteiger partial charge on any atom is -0.348 e. The van der Waals surface area contributed by atoms with Gasteiger partial charge >= 0.3 is 0 Å². The Morgan fingerprint density at radius 3 is 2.39 bits per heavy atom. The van der Waals surface area contributed by atoms with E-state index in [1.165, 1.54) is 5.56 Å². The first-order chi connectivity index (χ1) is 13.7. The summed E-state index contributed by atoms with van der Waals surface area (Å²) in [5, 5.41) is 7.68. The molecule has 0 unspecified atom stereocenters. The van der Waals surface area contributed by atoms with Crippen LogP contribution in [0.2, 0.25) is 0 Å². The molecule has 2 aromatic heterocycles. The van der Waals surface area contributed by atoms with Gasteiger partial charge in [0.25, 0.3) is 5.91 Å². The third kappa shape index (κ3) is 3.83. The van der Waals surface area contributed by atoms with Gasteiger partial charge in [0.05, 0.1) is 11.3 Å². The van der Waals surface area contributed by atoms with E-state index in [1.807, 2.05) is 73.7 Å². The van der Waals surface area contributed by atoms with Gasteiger partial charge in [-0.25, -0.2) is 4.68 Å². The van der Waals surface area contributed by atoms with Crippen molar-refractivity contribution < 1.29 is 4.79 Å². The van der Waals surface area contributed by atoms with Crippen LogP contribution in [0.5, 0.6) is 0 Å². The van der Waals surface area contributed by atoms with Crippen LogP contribution in [-0.4, -0.2) is 20.7 Å². The highest BCUT2D eigenvalue weighted by molar-refractivity contribution is 5.99. The summed E-state index contributed by atoms with van der Waals surface area (Å²) in [4.78, 5) is 16.9. The van der Waals surface area contributed by atoms with Crippen molar-refractivity contribution in [3.8, 4) is 16.9 Å². The first kappa shape index (κ1) is 17.7. The van der Waals surface area contributed by atoms with Gasteiger partial charge in [0.2, 0.25) is 0 Å². The van der Waals surface area contributed by atoms with Gasteiger partial charge in [-0.1, -0.05) is 48.0 Å². The number of hydrogen-bond donors (Lipinski definition) is 1.